The topological polar surface area (TPSA) is 75.3 Å². The third-order valence-corrected chi connectivity index (χ3v) is 7.57. The van der Waals surface area contributed by atoms with Gasteiger partial charge in [0.2, 0.25) is 5.91 Å². The summed E-state index contributed by atoms with van der Waals surface area (Å²) in [7, 11) is -3.30. The smallest absolute Gasteiger partial charge is 0.233 e. The van der Waals surface area contributed by atoms with Gasteiger partial charge in [0.05, 0.1) is 15.9 Å². The summed E-state index contributed by atoms with van der Waals surface area (Å²) in [5.74, 6) is 0.560. The van der Waals surface area contributed by atoms with Gasteiger partial charge in [-0.1, -0.05) is 19.1 Å². The van der Waals surface area contributed by atoms with Crippen molar-refractivity contribution < 1.29 is 13.2 Å². The molecule has 5 nitrogen and oxygen atoms in total. The van der Waals surface area contributed by atoms with Crippen molar-refractivity contribution in [2.45, 2.75) is 48.2 Å². The maximum Gasteiger partial charge on any atom is 0.233 e. The van der Waals surface area contributed by atoms with E-state index in [1.807, 2.05) is 19.9 Å². The van der Waals surface area contributed by atoms with Gasteiger partial charge in [0, 0.05) is 11.4 Å². The lowest BCUT2D eigenvalue weighted by atomic mass is 10.00. The first-order valence-corrected chi connectivity index (χ1v) is 11.4. The first kappa shape index (κ1) is 20.3. The van der Waals surface area contributed by atoms with Gasteiger partial charge in [0.1, 0.15) is 0 Å². The number of hydrogen-bond donors (Lipinski definition) is 2. The molecule has 1 aromatic rings. The number of piperidine rings is 1. The fraction of sp³-hybridized carbons (Fsp3) is 0.611. The van der Waals surface area contributed by atoms with Crippen LogP contribution in [0.3, 0.4) is 0 Å². The highest BCUT2D eigenvalue weighted by Gasteiger charge is 2.22. The van der Waals surface area contributed by atoms with Gasteiger partial charge in [-0.15, -0.1) is 11.8 Å². The lowest BCUT2D eigenvalue weighted by Gasteiger charge is -2.23. The lowest BCUT2D eigenvalue weighted by Crippen LogP contribution is -2.40. The number of nitrogens with one attached hydrogen (secondary N) is 2. The van der Waals surface area contributed by atoms with Crippen molar-refractivity contribution in [1.82, 2.24) is 10.6 Å². The fourth-order valence-corrected chi connectivity index (χ4v) is 5.77. The van der Waals surface area contributed by atoms with E-state index in [-0.39, 0.29) is 16.9 Å². The van der Waals surface area contributed by atoms with E-state index >= 15 is 0 Å². The minimum atomic E-state index is -3.30. The predicted molar refractivity (Wildman–Crippen MR) is 103 cm³/mol. The highest BCUT2D eigenvalue weighted by Crippen LogP contribution is 2.30. The molecule has 1 amide bonds. The Morgan fingerprint density at radius 3 is 2.84 bits per heavy atom. The minimum Gasteiger partial charge on any atom is -0.355 e. The number of carbonyl (C=O) groups excluding carboxylic acids is 1. The number of thioether (sulfide) groups is 1. The summed E-state index contributed by atoms with van der Waals surface area (Å²) >= 11 is 1.31. The molecule has 1 fully saturated rings. The molecule has 2 N–H and O–H groups in total. The highest BCUT2D eigenvalue weighted by atomic mass is 32.2. The summed E-state index contributed by atoms with van der Waals surface area (Å²) in [5, 5.41) is 6.01. The van der Waals surface area contributed by atoms with Crippen LogP contribution in [-0.2, 0) is 14.6 Å². The molecule has 1 aromatic carbocycles. The second-order valence-corrected chi connectivity index (χ2v) is 9.94. The molecule has 7 heteroatoms. The molecule has 0 radical (unpaired) electrons. The Balaban J connectivity index is 1.97. The van der Waals surface area contributed by atoms with Gasteiger partial charge in [-0.05, 0) is 57.3 Å². The molecular formula is C18H28N2O3S2. The average molecular weight is 385 g/mol. The zero-order valence-corrected chi connectivity index (χ0v) is 16.6. The Labute approximate surface area is 155 Å². The van der Waals surface area contributed by atoms with Gasteiger partial charge in [0.15, 0.2) is 9.84 Å². The van der Waals surface area contributed by atoms with E-state index in [4.69, 9.17) is 0 Å². The van der Waals surface area contributed by atoms with Crippen LogP contribution < -0.4 is 10.6 Å². The molecule has 2 unspecified atom stereocenters. The maximum absolute atomic E-state index is 12.4. The summed E-state index contributed by atoms with van der Waals surface area (Å²) in [6.45, 7) is 6.35. The molecule has 2 rings (SSSR count). The summed E-state index contributed by atoms with van der Waals surface area (Å²) in [4.78, 5) is 13.4. The van der Waals surface area contributed by atoms with Gasteiger partial charge in [-0.2, -0.15) is 0 Å². The first-order chi connectivity index (χ1) is 11.9. The zero-order chi connectivity index (χ0) is 18.3. The Hall–Kier alpha value is -1.05. The Morgan fingerprint density at radius 2 is 2.16 bits per heavy atom. The number of sulfone groups is 1. The number of benzene rings is 1. The van der Waals surface area contributed by atoms with Gasteiger partial charge in [-0.25, -0.2) is 8.42 Å². The third kappa shape index (κ3) is 6.01. The van der Waals surface area contributed by atoms with Crippen molar-refractivity contribution in [1.29, 1.82) is 0 Å². The van der Waals surface area contributed by atoms with Gasteiger partial charge < -0.3 is 10.6 Å². The van der Waals surface area contributed by atoms with Crippen molar-refractivity contribution >= 4 is 27.5 Å². The van der Waals surface area contributed by atoms with Crippen LogP contribution in [0.5, 0.6) is 0 Å². The van der Waals surface area contributed by atoms with Crippen molar-refractivity contribution in [3.63, 3.8) is 0 Å². The van der Waals surface area contributed by atoms with Crippen molar-refractivity contribution in [2.75, 3.05) is 25.4 Å². The van der Waals surface area contributed by atoms with Gasteiger partial charge >= 0.3 is 0 Å². The Morgan fingerprint density at radius 1 is 1.40 bits per heavy atom. The van der Waals surface area contributed by atoms with Gasteiger partial charge in [0.25, 0.3) is 0 Å². The first-order valence-electron chi connectivity index (χ1n) is 8.91. The maximum atomic E-state index is 12.4. The van der Waals surface area contributed by atoms with E-state index in [1.54, 1.807) is 18.2 Å². The molecule has 0 aliphatic carbocycles. The van der Waals surface area contributed by atoms with E-state index in [0.29, 0.717) is 28.7 Å². The molecule has 1 saturated heterocycles. The van der Waals surface area contributed by atoms with Crippen LogP contribution in [0.2, 0.25) is 0 Å². The van der Waals surface area contributed by atoms with Crippen LogP contribution in [-0.4, -0.2) is 45.0 Å². The highest BCUT2D eigenvalue weighted by molar-refractivity contribution is 8.01. The standard InChI is InChI=1S/C18H28N2O3S2/c1-3-11-25(22,23)17-9-5-4-8-16(17)24-14(2)18(21)20-13-15-7-6-10-19-12-15/h4-5,8-9,14-15,19H,3,6-7,10-13H2,1-2H3,(H,20,21). The van der Waals surface area contributed by atoms with E-state index in [0.717, 1.165) is 25.9 Å². The van der Waals surface area contributed by atoms with Crippen LogP contribution in [0.1, 0.15) is 33.1 Å². The normalized spacial score (nSPS) is 19.4. The van der Waals surface area contributed by atoms with Crippen LogP contribution in [0.25, 0.3) is 0 Å². The van der Waals surface area contributed by atoms with Gasteiger partial charge in [-0.3, -0.25) is 4.79 Å². The third-order valence-electron chi connectivity index (χ3n) is 4.29. The summed E-state index contributed by atoms with van der Waals surface area (Å²) in [6.07, 6.45) is 2.85. The molecule has 1 aliphatic rings. The second-order valence-electron chi connectivity index (χ2n) is 6.48. The van der Waals surface area contributed by atoms with E-state index in [9.17, 15) is 13.2 Å². The van der Waals surface area contributed by atoms with Crippen molar-refractivity contribution in [3.8, 4) is 0 Å². The van der Waals surface area contributed by atoms with Crippen LogP contribution in [0, 0.1) is 5.92 Å². The minimum absolute atomic E-state index is 0.0433. The predicted octanol–water partition coefficient (Wildman–Crippen LogP) is 2.47. The molecule has 2 atom stereocenters. The lowest BCUT2D eigenvalue weighted by molar-refractivity contribution is -0.120. The van der Waals surface area contributed by atoms with E-state index in [1.165, 1.54) is 11.8 Å². The monoisotopic (exact) mass is 384 g/mol. The van der Waals surface area contributed by atoms with Crippen molar-refractivity contribution in [3.05, 3.63) is 24.3 Å². The van der Waals surface area contributed by atoms with Crippen LogP contribution >= 0.6 is 11.8 Å². The average Bonchev–Trinajstić information content (AvgIpc) is 2.60. The van der Waals surface area contributed by atoms with Crippen LogP contribution in [0.15, 0.2) is 34.1 Å². The Kier molecular flexibility index (Phi) is 7.78. The Bertz CT molecular complexity index is 671. The second kappa shape index (κ2) is 9.59. The summed E-state index contributed by atoms with van der Waals surface area (Å²) in [5.41, 5.74) is 0. The number of amides is 1. The molecule has 0 spiro atoms. The summed E-state index contributed by atoms with van der Waals surface area (Å²) in [6, 6.07) is 6.95. The molecule has 0 aromatic heterocycles. The van der Waals surface area contributed by atoms with E-state index < -0.39 is 9.84 Å². The van der Waals surface area contributed by atoms with E-state index in [2.05, 4.69) is 10.6 Å². The molecule has 1 aliphatic heterocycles. The largest absolute Gasteiger partial charge is 0.355 e. The molecule has 0 saturated carbocycles. The quantitative estimate of drug-likeness (QED) is 0.674. The number of rotatable bonds is 8. The SMILES string of the molecule is CCCS(=O)(=O)c1ccccc1SC(C)C(=O)NCC1CCCNC1. The molecule has 0 bridgehead atoms. The van der Waals surface area contributed by atoms with Crippen LogP contribution in [0.4, 0.5) is 0 Å². The zero-order valence-electron chi connectivity index (χ0n) is 15.0. The summed E-state index contributed by atoms with van der Waals surface area (Å²) < 4.78 is 24.8. The molecule has 140 valence electrons. The molecule has 1 heterocycles. The molecular weight excluding hydrogens is 356 g/mol. The fourth-order valence-electron chi connectivity index (χ4n) is 2.91. The number of hydrogen-bond acceptors (Lipinski definition) is 5. The number of carbonyl (C=O) groups is 1. The van der Waals surface area contributed by atoms with Crippen molar-refractivity contribution in [2.24, 2.45) is 5.92 Å². The molecule has 25 heavy (non-hydrogen) atoms.